The molecule has 2 atom stereocenters. The Kier molecular flexibility index (Phi) is 6.55. The summed E-state index contributed by atoms with van der Waals surface area (Å²) in [6.07, 6.45) is 4.13. The third kappa shape index (κ3) is 5.09. The summed E-state index contributed by atoms with van der Waals surface area (Å²) >= 11 is 0. The summed E-state index contributed by atoms with van der Waals surface area (Å²) in [5, 5.41) is 0. The lowest BCUT2D eigenvalue weighted by atomic mass is 10.1. The molecule has 1 aromatic carbocycles. The van der Waals surface area contributed by atoms with Crippen LogP contribution in [0.4, 0.5) is 0 Å². The molecule has 0 N–H and O–H groups in total. The zero-order valence-corrected chi connectivity index (χ0v) is 17.1. The van der Waals surface area contributed by atoms with E-state index in [1.807, 2.05) is 30.9 Å². The van der Waals surface area contributed by atoms with Crippen LogP contribution in [0.2, 0.25) is 0 Å². The largest absolute Gasteiger partial charge is 0.372 e. The van der Waals surface area contributed by atoms with Crippen molar-refractivity contribution in [3.63, 3.8) is 0 Å². The monoisotopic (exact) mass is 394 g/mol. The second-order valence-corrected chi connectivity index (χ2v) is 9.60. The number of carbonyl (C=O) groups excluding carboxylic acids is 1. The fraction of sp³-hybridized carbons (Fsp3) is 0.650. The maximum absolute atomic E-state index is 12.7. The van der Waals surface area contributed by atoms with Crippen molar-refractivity contribution in [3.8, 4) is 0 Å². The predicted octanol–water partition coefficient (Wildman–Crippen LogP) is 2.43. The first-order chi connectivity index (χ1) is 12.9. The molecule has 3 rings (SSSR count). The zero-order valence-electron chi connectivity index (χ0n) is 16.3. The number of nitrogens with zero attached hydrogens (tertiary/aromatic N) is 2. The summed E-state index contributed by atoms with van der Waals surface area (Å²) in [4.78, 5) is 14.7. The number of benzene rings is 1. The predicted molar refractivity (Wildman–Crippen MR) is 104 cm³/mol. The minimum atomic E-state index is -3.40. The fourth-order valence-electron chi connectivity index (χ4n) is 3.87. The highest BCUT2D eigenvalue weighted by Gasteiger charge is 2.27. The number of hydrogen-bond donors (Lipinski definition) is 0. The lowest BCUT2D eigenvalue weighted by Crippen LogP contribution is -2.48. The number of morpholine rings is 1. The van der Waals surface area contributed by atoms with E-state index >= 15 is 0 Å². The van der Waals surface area contributed by atoms with Crippen LogP contribution in [0, 0.1) is 0 Å². The molecule has 0 radical (unpaired) electrons. The molecule has 2 heterocycles. The van der Waals surface area contributed by atoms with E-state index in [0.29, 0.717) is 43.9 Å². The smallest absolute Gasteiger partial charge is 0.243 e. The molecule has 2 aliphatic rings. The molecule has 0 aromatic heterocycles. The summed E-state index contributed by atoms with van der Waals surface area (Å²) in [7, 11) is -3.40. The maximum atomic E-state index is 12.7. The van der Waals surface area contributed by atoms with Crippen molar-refractivity contribution < 1.29 is 17.9 Å². The molecule has 2 saturated heterocycles. The molecule has 0 spiro atoms. The van der Waals surface area contributed by atoms with Gasteiger partial charge in [-0.25, -0.2) is 8.42 Å². The number of ether oxygens (including phenoxy) is 1. The Morgan fingerprint density at radius 1 is 1.04 bits per heavy atom. The second-order valence-electron chi connectivity index (χ2n) is 7.66. The van der Waals surface area contributed by atoms with E-state index in [0.717, 1.165) is 24.8 Å². The number of aryl methyl sites for hydroxylation is 1. The van der Waals surface area contributed by atoms with Crippen LogP contribution in [-0.4, -0.2) is 61.9 Å². The minimum Gasteiger partial charge on any atom is -0.372 e. The lowest BCUT2D eigenvalue weighted by molar-refractivity contribution is -0.143. The fourth-order valence-corrected chi connectivity index (χ4v) is 5.39. The topological polar surface area (TPSA) is 66.9 Å². The molecule has 0 aliphatic carbocycles. The summed E-state index contributed by atoms with van der Waals surface area (Å²) < 4.78 is 32.6. The van der Waals surface area contributed by atoms with Crippen molar-refractivity contribution in [2.75, 3.05) is 26.2 Å². The van der Waals surface area contributed by atoms with Gasteiger partial charge >= 0.3 is 0 Å². The van der Waals surface area contributed by atoms with Crippen LogP contribution in [0.5, 0.6) is 0 Å². The van der Waals surface area contributed by atoms with E-state index in [1.165, 1.54) is 0 Å². The van der Waals surface area contributed by atoms with Crippen LogP contribution < -0.4 is 0 Å². The van der Waals surface area contributed by atoms with Gasteiger partial charge in [0.05, 0.1) is 17.1 Å². The van der Waals surface area contributed by atoms with Crippen molar-refractivity contribution in [2.24, 2.45) is 0 Å². The molecule has 6 nitrogen and oxygen atoms in total. The Balaban J connectivity index is 1.57. The van der Waals surface area contributed by atoms with Crippen molar-refractivity contribution in [1.29, 1.82) is 0 Å². The van der Waals surface area contributed by atoms with Gasteiger partial charge < -0.3 is 9.64 Å². The van der Waals surface area contributed by atoms with Crippen molar-refractivity contribution in [3.05, 3.63) is 29.8 Å². The number of carbonyl (C=O) groups is 1. The average molecular weight is 395 g/mol. The highest BCUT2D eigenvalue weighted by Crippen LogP contribution is 2.21. The van der Waals surface area contributed by atoms with E-state index in [1.54, 1.807) is 16.4 Å². The van der Waals surface area contributed by atoms with Crippen molar-refractivity contribution in [1.82, 2.24) is 9.21 Å². The van der Waals surface area contributed by atoms with Crippen molar-refractivity contribution >= 4 is 15.9 Å². The number of rotatable bonds is 5. The van der Waals surface area contributed by atoms with Crippen molar-refractivity contribution in [2.45, 2.75) is 63.1 Å². The maximum Gasteiger partial charge on any atom is 0.243 e. The molecule has 7 heteroatoms. The lowest BCUT2D eigenvalue weighted by Gasteiger charge is -2.35. The van der Waals surface area contributed by atoms with Gasteiger partial charge in [-0.05, 0) is 50.8 Å². The Morgan fingerprint density at radius 2 is 1.63 bits per heavy atom. The van der Waals surface area contributed by atoms with Gasteiger partial charge in [0.15, 0.2) is 0 Å². The summed E-state index contributed by atoms with van der Waals surface area (Å²) in [5.41, 5.74) is 0.982. The second kappa shape index (κ2) is 8.71. The van der Waals surface area contributed by atoms with Gasteiger partial charge in [-0.15, -0.1) is 0 Å². The Morgan fingerprint density at radius 3 is 2.22 bits per heavy atom. The molecule has 27 heavy (non-hydrogen) atoms. The van der Waals surface area contributed by atoms with Gasteiger partial charge in [-0.1, -0.05) is 18.6 Å². The molecule has 1 amide bonds. The van der Waals surface area contributed by atoms with Gasteiger partial charge in [0.2, 0.25) is 15.9 Å². The summed E-state index contributed by atoms with van der Waals surface area (Å²) in [6.45, 7) is 6.45. The first-order valence-electron chi connectivity index (χ1n) is 9.88. The van der Waals surface area contributed by atoms with Gasteiger partial charge in [-0.2, -0.15) is 4.31 Å². The Hall–Kier alpha value is -1.44. The van der Waals surface area contributed by atoms with Crippen LogP contribution in [0.15, 0.2) is 29.2 Å². The number of sulfonamides is 1. The average Bonchev–Trinajstić information content (AvgIpc) is 2.66. The quantitative estimate of drug-likeness (QED) is 0.769. The van der Waals surface area contributed by atoms with E-state index in [4.69, 9.17) is 4.74 Å². The van der Waals surface area contributed by atoms with Gasteiger partial charge in [0.1, 0.15) is 0 Å². The van der Waals surface area contributed by atoms with Crippen LogP contribution in [0.3, 0.4) is 0 Å². The first-order valence-corrected chi connectivity index (χ1v) is 11.3. The molecular formula is C20H30N2O4S. The van der Waals surface area contributed by atoms with E-state index < -0.39 is 10.0 Å². The number of amides is 1. The molecule has 2 fully saturated rings. The summed E-state index contributed by atoms with van der Waals surface area (Å²) in [6, 6.07) is 6.99. The third-order valence-corrected chi connectivity index (χ3v) is 7.19. The zero-order chi connectivity index (χ0) is 19.4. The van der Waals surface area contributed by atoms with Crippen LogP contribution in [0.25, 0.3) is 0 Å². The normalized spacial score (nSPS) is 24.7. The first kappa shape index (κ1) is 20.3. The van der Waals surface area contributed by atoms with Gasteiger partial charge in [-0.3, -0.25) is 4.79 Å². The SMILES string of the molecule is C[C@@H]1CN(C(=O)CCc2ccc(S(=O)(=O)N3CCCCC3)cc2)C[C@@H](C)O1. The molecule has 0 bridgehead atoms. The number of hydrogen-bond acceptors (Lipinski definition) is 4. The molecule has 0 unspecified atom stereocenters. The molecule has 150 valence electrons. The van der Waals surface area contributed by atoms with E-state index in [2.05, 4.69) is 0 Å². The minimum absolute atomic E-state index is 0.0666. The Labute approximate surface area is 162 Å². The third-order valence-electron chi connectivity index (χ3n) is 5.28. The highest BCUT2D eigenvalue weighted by atomic mass is 32.2. The van der Waals surface area contributed by atoms with E-state index in [9.17, 15) is 13.2 Å². The highest BCUT2D eigenvalue weighted by molar-refractivity contribution is 7.89. The molecule has 2 aliphatic heterocycles. The standard InChI is InChI=1S/C20H30N2O4S/c1-16-14-21(15-17(2)26-16)20(23)11-8-18-6-9-19(10-7-18)27(24,25)22-12-4-3-5-13-22/h6-7,9-10,16-17H,3-5,8,11-15H2,1-2H3/t16-,17-/m1/s1. The molecular weight excluding hydrogens is 364 g/mol. The molecule has 0 saturated carbocycles. The van der Waals surface area contributed by atoms with Gasteiger partial charge in [0, 0.05) is 32.6 Å². The van der Waals surface area contributed by atoms with Gasteiger partial charge in [0.25, 0.3) is 0 Å². The summed E-state index contributed by atoms with van der Waals surface area (Å²) in [5.74, 6) is 0.127. The van der Waals surface area contributed by atoms with E-state index in [-0.39, 0.29) is 18.1 Å². The number of piperidine rings is 1. The Bertz CT molecular complexity index is 732. The van der Waals surface area contributed by atoms with Crippen LogP contribution in [0.1, 0.15) is 45.1 Å². The molecule has 1 aromatic rings. The van der Waals surface area contributed by atoms with Crippen LogP contribution >= 0.6 is 0 Å². The van der Waals surface area contributed by atoms with Crippen LogP contribution in [-0.2, 0) is 26.0 Å².